The van der Waals surface area contributed by atoms with Gasteiger partial charge in [-0.2, -0.15) is 0 Å². The minimum Gasteiger partial charge on any atom is -0.483 e. The van der Waals surface area contributed by atoms with Gasteiger partial charge in [-0.05, 0) is 47.1 Å². The molecule has 116 valence electrons. The third-order valence-corrected chi connectivity index (χ3v) is 4.14. The van der Waals surface area contributed by atoms with E-state index in [0.717, 1.165) is 0 Å². The van der Waals surface area contributed by atoms with Crippen molar-refractivity contribution >= 4 is 62.5 Å². The van der Waals surface area contributed by atoms with Gasteiger partial charge >= 0.3 is 0 Å². The molecule has 1 heterocycles. The number of benzene rings is 1. The number of carbonyl (C=O) groups excluding carboxylic acids is 1. The summed E-state index contributed by atoms with van der Waals surface area (Å²) in [5, 5.41) is 3.83. The third kappa shape index (κ3) is 4.49. The molecular formula is C14H10BrCl3N2O2. The number of anilines is 1. The molecule has 0 unspecified atom stereocenters. The quantitative estimate of drug-likeness (QED) is 0.740. The highest BCUT2D eigenvalue weighted by molar-refractivity contribution is 9.10. The average Bonchev–Trinajstić information content (AvgIpc) is 2.44. The van der Waals surface area contributed by atoms with Gasteiger partial charge in [0.1, 0.15) is 5.75 Å². The van der Waals surface area contributed by atoms with Gasteiger partial charge in [0.05, 0.1) is 20.2 Å². The zero-order chi connectivity index (χ0) is 16.3. The number of rotatable bonds is 4. The molecule has 1 aromatic heterocycles. The molecule has 0 bridgehead atoms. The van der Waals surface area contributed by atoms with E-state index in [9.17, 15) is 4.79 Å². The van der Waals surface area contributed by atoms with E-state index in [4.69, 9.17) is 39.5 Å². The van der Waals surface area contributed by atoms with Crippen molar-refractivity contribution in [1.29, 1.82) is 0 Å². The topological polar surface area (TPSA) is 51.2 Å². The van der Waals surface area contributed by atoms with Crippen molar-refractivity contribution in [1.82, 2.24) is 4.98 Å². The van der Waals surface area contributed by atoms with E-state index in [-0.39, 0.29) is 17.4 Å². The molecule has 2 rings (SSSR count). The van der Waals surface area contributed by atoms with Crippen molar-refractivity contribution in [2.24, 2.45) is 0 Å². The number of amides is 1. The second-order valence-corrected chi connectivity index (χ2v) is 6.40. The number of ether oxygens (including phenoxy) is 1. The lowest BCUT2D eigenvalue weighted by atomic mass is 10.3. The Balaban J connectivity index is 2.00. The number of halogens is 4. The summed E-state index contributed by atoms with van der Waals surface area (Å²) in [4.78, 5) is 16.0. The summed E-state index contributed by atoms with van der Waals surface area (Å²) >= 11 is 21.0. The minimum absolute atomic E-state index is 0.195. The number of hydrogen-bond acceptors (Lipinski definition) is 3. The Morgan fingerprint density at radius 3 is 2.68 bits per heavy atom. The Labute approximate surface area is 150 Å². The molecule has 2 aromatic rings. The summed E-state index contributed by atoms with van der Waals surface area (Å²) in [6.07, 6.45) is 0. The van der Waals surface area contributed by atoms with E-state index in [1.54, 1.807) is 25.1 Å². The molecule has 0 aliphatic rings. The molecular weight excluding hydrogens is 414 g/mol. The Hall–Kier alpha value is -1.01. The predicted octanol–water partition coefficient (Wildman–Crippen LogP) is 5.13. The van der Waals surface area contributed by atoms with Crippen molar-refractivity contribution < 1.29 is 9.53 Å². The van der Waals surface area contributed by atoms with E-state index < -0.39 is 5.91 Å². The number of nitrogens with one attached hydrogen (secondary N) is 1. The first kappa shape index (κ1) is 17.3. The van der Waals surface area contributed by atoms with Gasteiger partial charge < -0.3 is 10.1 Å². The van der Waals surface area contributed by atoms with Crippen molar-refractivity contribution in [3.63, 3.8) is 0 Å². The summed E-state index contributed by atoms with van der Waals surface area (Å²) in [5.41, 5.74) is 0.572. The van der Waals surface area contributed by atoms with Crippen LogP contribution in [0.25, 0.3) is 0 Å². The third-order valence-electron chi connectivity index (χ3n) is 2.62. The van der Waals surface area contributed by atoms with Crippen LogP contribution in [0, 0.1) is 6.92 Å². The zero-order valence-electron chi connectivity index (χ0n) is 11.3. The number of pyridine rings is 1. The van der Waals surface area contributed by atoms with Crippen LogP contribution < -0.4 is 10.1 Å². The molecule has 1 aromatic carbocycles. The molecule has 0 fully saturated rings. The largest absolute Gasteiger partial charge is 0.483 e. The van der Waals surface area contributed by atoms with Gasteiger partial charge in [0.15, 0.2) is 12.4 Å². The molecule has 8 heteroatoms. The number of aryl methyl sites for hydroxylation is 1. The van der Waals surface area contributed by atoms with Gasteiger partial charge in [0.2, 0.25) is 0 Å². The van der Waals surface area contributed by atoms with Gasteiger partial charge in [-0.15, -0.1) is 0 Å². The summed E-state index contributed by atoms with van der Waals surface area (Å²) in [5.74, 6) is 0.358. The van der Waals surface area contributed by atoms with E-state index in [2.05, 4.69) is 26.2 Å². The molecule has 0 radical (unpaired) electrons. The van der Waals surface area contributed by atoms with Crippen LogP contribution in [0.15, 0.2) is 28.7 Å². The van der Waals surface area contributed by atoms with Crippen molar-refractivity contribution in [3.05, 3.63) is 49.5 Å². The molecule has 4 nitrogen and oxygen atoms in total. The highest BCUT2D eigenvalue weighted by Gasteiger charge is 2.11. The predicted molar refractivity (Wildman–Crippen MR) is 92.3 cm³/mol. The molecule has 0 atom stereocenters. The molecule has 0 spiro atoms. The molecule has 0 aliphatic carbocycles. The van der Waals surface area contributed by atoms with Crippen LogP contribution >= 0.6 is 50.7 Å². The van der Waals surface area contributed by atoms with Crippen molar-refractivity contribution in [3.8, 4) is 5.75 Å². The minimum atomic E-state index is -0.391. The smallest absolute Gasteiger partial charge is 0.263 e. The maximum atomic E-state index is 11.9. The second kappa shape index (κ2) is 7.51. The fourth-order valence-electron chi connectivity index (χ4n) is 1.55. The van der Waals surface area contributed by atoms with Crippen LogP contribution in [0.3, 0.4) is 0 Å². The Kier molecular flexibility index (Phi) is 5.92. The molecule has 22 heavy (non-hydrogen) atoms. The highest BCUT2D eigenvalue weighted by Crippen LogP contribution is 2.28. The highest BCUT2D eigenvalue weighted by atomic mass is 79.9. The standard InChI is InChI=1S/C14H10BrCl3N2O2/c1-7-10(17)5-11(18)14(19-7)20-13(21)6-22-12-3-2-8(16)4-9(12)15/h2-5H,6H2,1H3,(H,19,20,21). The van der Waals surface area contributed by atoms with E-state index in [1.165, 1.54) is 6.07 Å². The molecule has 0 aliphatic heterocycles. The first-order valence-corrected chi connectivity index (χ1v) is 8.00. The van der Waals surface area contributed by atoms with Crippen LogP contribution in [-0.4, -0.2) is 17.5 Å². The van der Waals surface area contributed by atoms with Crippen molar-refractivity contribution in [2.45, 2.75) is 6.92 Å². The number of carbonyl (C=O) groups is 1. The second-order valence-electron chi connectivity index (χ2n) is 4.30. The summed E-state index contributed by atoms with van der Waals surface area (Å²) in [6.45, 7) is 1.52. The van der Waals surface area contributed by atoms with E-state index in [1.807, 2.05) is 0 Å². The van der Waals surface area contributed by atoms with Crippen LogP contribution in [0.1, 0.15) is 5.69 Å². The first-order valence-electron chi connectivity index (χ1n) is 6.07. The van der Waals surface area contributed by atoms with Gasteiger partial charge in [-0.3, -0.25) is 4.79 Å². The number of hydrogen-bond donors (Lipinski definition) is 1. The monoisotopic (exact) mass is 422 g/mol. The fourth-order valence-corrected chi connectivity index (χ4v) is 2.75. The normalized spacial score (nSPS) is 10.4. The van der Waals surface area contributed by atoms with E-state index in [0.29, 0.717) is 26.0 Å². The van der Waals surface area contributed by atoms with Crippen LogP contribution in [-0.2, 0) is 4.79 Å². The van der Waals surface area contributed by atoms with E-state index >= 15 is 0 Å². The lowest BCUT2D eigenvalue weighted by Gasteiger charge is -2.10. The van der Waals surface area contributed by atoms with Gasteiger partial charge in [0, 0.05) is 5.02 Å². The molecule has 0 saturated heterocycles. The number of aromatic nitrogens is 1. The summed E-state index contributed by atoms with van der Waals surface area (Å²) in [7, 11) is 0. The van der Waals surface area contributed by atoms with Crippen LogP contribution in [0.5, 0.6) is 5.75 Å². The zero-order valence-corrected chi connectivity index (χ0v) is 15.1. The Morgan fingerprint density at radius 1 is 1.27 bits per heavy atom. The van der Waals surface area contributed by atoms with Gasteiger partial charge in [-0.25, -0.2) is 4.98 Å². The Morgan fingerprint density at radius 2 is 2.00 bits per heavy atom. The maximum absolute atomic E-state index is 11.9. The number of nitrogens with zero attached hydrogens (tertiary/aromatic N) is 1. The maximum Gasteiger partial charge on any atom is 0.263 e. The van der Waals surface area contributed by atoms with Crippen molar-refractivity contribution in [2.75, 3.05) is 11.9 Å². The molecule has 1 N–H and O–H groups in total. The Bertz CT molecular complexity index is 725. The molecule has 1 amide bonds. The van der Waals surface area contributed by atoms with Crippen LogP contribution in [0.2, 0.25) is 15.1 Å². The van der Waals surface area contributed by atoms with Gasteiger partial charge in [-0.1, -0.05) is 34.8 Å². The fraction of sp³-hybridized carbons (Fsp3) is 0.143. The summed E-state index contributed by atoms with van der Waals surface area (Å²) in [6, 6.07) is 6.53. The summed E-state index contributed by atoms with van der Waals surface area (Å²) < 4.78 is 6.06. The lowest BCUT2D eigenvalue weighted by molar-refractivity contribution is -0.118. The van der Waals surface area contributed by atoms with Gasteiger partial charge in [0.25, 0.3) is 5.91 Å². The SMILES string of the molecule is Cc1nc(NC(=O)COc2ccc(Cl)cc2Br)c(Cl)cc1Cl. The lowest BCUT2D eigenvalue weighted by Crippen LogP contribution is -2.21. The first-order chi connectivity index (χ1) is 10.4. The average molecular weight is 425 g/mol. The van der Waals surface area contributed by atoms with Crippen LogP contribution in [0.4, 0.5) is 5.82 Å². The molecule has 0 saturated carbocycles.